The minimum absolute atomic E-state index is 0.0901. The second kappa shape index (κ2) is 8.96. The number of anilines is 1. The molecule has 0 radical (unpaired) electrons. The van der Waals surface area contributed by atoms with Crippen LogP contribution in [0.4, 0.5) is 5.69 Å². The summed E-state index contributed by atoms with van der Waals surface area (Å²) >= 11 is 0. The van der Waals surface area contributed by atoms with E-state index < -0.39 is 0 Å². The third kappa shape index (κ3) is 5.81. The van der Waals surface area contributed by atoms with E-state index in [2.05, 4.69) is 10.6 Å². The number of rotatable bonds is 7. The van der Waals surface area contributed by atoms with Crippen molar-refractivity contribution in [3.8, 4) is 11.8 Å². The van der Waals surface area contributed by atoms with Crippen LogP contribution in [0.25, 0.3) is 0 Å². The van der Waals surface area contributed by atoms with Gasteiger partial charge in [-0.05, 0) is 29.8 Å². The SMILES string of the molecule is N#CCC(=O)NCc1cccc(NC(=O)COc2ccccc2)c1. The lowest BCUT2D eigenvalue weighted by atomic mass is 10.2. The van der Waals surface area contributed by atoms with E-state index in [4.69, 9.17) is 10.00 Å². The van der Waals surface area contributed by atoms with Gasteiger partial charge in [0.2, 0.25) is 5.91 Å². The molecule has 0 aliphatic rings. The highest BCUT2D eigenvalue weighted by Gasteiger charge is 2.05. The van der Waals surface area contributed by atoms with Gasteiger partial charge < -0.3 is 15.4 Å². The topological polar surface area (TPSA) is 91.2 Å². The molecule has 24 heavy (non-hydrogen) atoms. The molecular formula is C18H17N3O3. The summed E-state index contributed by atoms with van der Waals surface area (Å²) in [6, 6.07) is 18.0. The van der Waals surface area contributed by atoms with E-state index in [1.54, 1.807) is 36.4 Å². The fraction of sp³-hybridized carbons (Fsp3) is 0.167. The molecular weight excluding hydrogens is 306 g/mol. The number of hydrogen-bond donors (Lipinski definition) is 2. The predicted molar refractivity (Wildman–Crippen MR) is 89.1 cm³/mol. The van der Waals surface area contributed by atoms with Gasteiger partial charge in [-0.2, -0.15) is 5.26 Å². The Kier molecular flexibility index (Phi) is 6.35. The number of para-hydroxylation sites is 1. The number of amides is 2. The number of nitriles is 1. The predicted octanol–water partition coefficient (Wildman–Crippen LogP) is 2.23. The van der Waals surface area contributed by atoms with Crippen LogP contribution in [0, 0.1) is 11.3 Å². The van der Waals surface area contributed by atoms with E-state index in [-0.39, 0.29) is 24.8 Å². The van der Waals surface area contributed by atoms with Crippen LogP contribution < -0.4 is 15.4 Å². The van der Waals surface area contributed by atoms with Crippen LogP contribution in [0.1, 0.15) is 12.0 Å². The van der Waals surface area contributed by atoms with Crippen LogP contribution in [-0.2, 0) is 16.1 Å². The molecule has 0 aromatic heterocycles. The lowest BCUT2D eigenvalue weighted by Crippen LogP contribution is -2.22. The summed E-state index contributed by atoms with van der Waals surface area (Å²) in [7, 11) is 0. The number of carbonyl (C=O) groups is 2. The first-order valence-electron chi connectivity index (χ1n) is 7.37. The van der Waals surface area contributed by atoms with Gasteiger partial charge in [-0.15, -0.1) is 0 Å². The zero-order chi connectivity index (χ0) is 17.2. The number of hydrogen-bond acceptors (Lipinski definition) is 4. The van der Waals surface area contributed by atoms with Crippen LogP contribution in [0.2, 0.25) is 0 Å². The van der Waals surface area contributed by atoms with E-state index in [1.165, 1.54) is 0 Å². The van der Waals surface area contributed by atoms with Gasteiger partial charge in [0.15, 0.2) is 6.61 Å². The fourth-order valence-corrected chi connectivity index (χ4v) is 1.96. The van der Waals surface area contributed by atoms with E-state index in [1.807, 2.05) is 24.3 Å². The van der Waals surface area contributed by atoms with Crippen molar-refractivity contribution in [3.63, 3.8) is 0 Å². The molecule has 6 heteroatoms. The first-order chi connectivity index (χ1) is 11.7. The molecule has 0 aliphatic heterocycles. The molecule has 0 aliphatic carbocycles. The highest BCUT2D eigenvalue weighted by atomic mass is 16.5. The third-order valence-electron chi connectivity index (χ3n) is 3.05. The minimum atomic E-state index is -0.330. The number of carbonyl (C=O) groups excluding carboxylic acids is 2. The number of nitrogens with one attached hydrogen (secondary N) is 2. The second-order valence-electron chi connectivity index (χ2n) is 4.96. The summed E-state index contributed by atoms with van der Waals surface area (Å²) in [6.45, 7) is 0.206. The Morgan fingerprint density at radius 1 is 1.04 bits per heavy atom. The molecule has 0 saturated heterocycles. The maximum Gasteiger partial charge on any atom is 0.262 e. The molecule has 0 fully saturated rings. The van der Waals surface area contributed by atoms with Gasteiger partial charge in [0.25, 0.3) is 5.91 Å². The molecule has 0 atom stereocenters. The zero-order valence-electron chi connectivity index (χ0n) is 13.0. The monoisotopic (exact) mass is 323 g/mol. The molecule has 2 rings (SSSR count). The summed E-state index contributed by atoms with van der Waals surface area (Å²) in [5.74, 6) is 0.0225. The largest absolute Gasteiger partial charge is 0.484 e. The van der Waals surface area contributed by atoms with Gasteiger partial charge in [0.1, 0.15) is 12.2 Å². The second-order valence-corrected chi connectivity index (χ2v) is 4.96. The van der Waals surface area contributed by atoms with Crippen LogP contribution in [0.5, 0.6) is 5.75 Å². The van der Waals surface area contributed by atoms with Crippen molar-refractivity contribution in [1.82, 2.24) is 5.32 Å². The van der Waals surface area contributed by atoms with E-state index >= 15 is 0 Å². The quantitative estimate of drug-likeness (QED) is 0.817. The van der Waals surface area contributed by atoms with Gasteiger partial charge in [-0.3, -0.25) is 9.59 Å². The number of benzene rings is 2. The molecule has 0 heterocycles. The van der Waals surface area contributed by atoms with Crippen LogP contribution in [0.3, 0.4) is 0 Å². The van der Waals surface area contributed by atoms with Crippen molar-refractivity contribution in [1.29, 1.82) is 5.26 Å². The van der Waals surface area contributed by atoms with Gasteiger partial charge in [0, 0.05) is 12.2 Å². The number of nitrogens with zero attached hydrogens (tertiary/aromatic N) is 1. The Labute approximate surface area is 140 Å². The third-order valence-corrected chi connectivity index (χ3v) is 3.05. The Morgan fingerprint density at radius 2 is 1.83 bits per heavy atom. The van der Waals surface area contributed by atoms with Gasteiger partial charge >= 0.3 is 0 Å². The summed E-state index contributed by atoms with van der Waals surface area (Å²) in [6.07, 6.45) is -0.173. The Morgan fingerprint density at radius 3 is 2.58 bits per heavy atom. The maximum absolute atomic E-state index is 11.9. The van der Waals surface area contributed by atoms with Crippen LogP contribution in [0.15, 0.2) is 54.6 Å². The average molecular weight is 323 g/mol. The van der Waals surface area contributed by atoms with E-state index in [0.29, 0.717) is 18.0 Å². The zero-order valence-corrected chi connectivity index (χ0v) is 13.0. The van der Waals surface area contributed by atoms with Crippen LogP contribution >= 0.6 is 0 Å². The fourth-order valence-electron chi connectivity index (χ4n) is 1.96. The standard InChI is InChI=1S/C18H17N3O3/c19-10-9-17(22)20-12-14-5-4-6-15(11-14)21-18(23)13-24-16-7-2-1-3-8-16/h1-8,11H,9,12-13H2,(H,20,22)(H,21,23). The van der Waals surface area contributed by atoms with Gasteiger partial charge in [-0.25, -0.2) is 0 Å². The van der Waals surface area contributed by atoms with Crippen molar-refractivity contribution in [2.75, 3.05) is 11.9 Å². The molecule has 6 nitrogen and oxygen atoms in total. The van der Waals surface area contributed by atoms with Gasteiger partial charge in [-0.1, -0.05) is 30.3 Å². The molecule has 0 spiro atoms. The normalized spacial score (nSPS) is 9.62. The summed E-state index contributed by atoms with van der Waals surface area (Å²) in [5.41, 5.74) is 1.44. The first-order valence-corrected chi connectivity index (χ1v) is 7.37. The molecule has 0 saturated carbocycles. The van der Waals surface area contributed by atoms with Crippen molar-refractivity contribution in [2.45, 2.75) is 13.0 Å². The molecule has 2 aromatic rings. The summed E-state index contributed by atoms with van der Waals surface area (Å²) < 4.78 is 5.38. The lowest BCUT2D eigenvalue weighted by molar-refractivity contribution is -0.120. The Balaban J connectivity index is 1.83. The van der Waals surface area contributed by atoms with Crippen molar-refractivity contribution >= 4 is 17.5 Å². The first kappa shape index (κ1) is 17.0. The Bertz CT molecular complexity index is 739. The maximum atomic E-state index is 11.9. The highest BCUT2D eigenvalue weighted by molar-refractivity contribution is 5.91. The lowest BCUT2D eigenvalue weighted by Gasteiger charge is -2.09. The highest BCUT2D eigenvalue weighted by Crippen LogP contribution is 2.12. The number of ether oxygens (including phenoxy) is 1. The smallest absolute Gasteiger partial charge is 0.262 e. The van der Waals surface area contributed by atoms with Gasteiger partial charge in [0.05, 0.1) is 6.07 Å². The Hall–Kier alpha value is -3.33. The summed E-state index contributed by atoms with van der Waals surface area (Å²) in [4.78, 5) is 23.2. The molecule has 2 N–H and O–H groups in total. The van der Waals surface area contributed by atoms with E-state index in [9.17, 15) is 9.59 Å². The molecule has 0 unspecified atom stereocenters. The molecule has 122 valence electrons. The average Bonchev–Trinajstić information content (AvgIpc) is 2.60. The summed E-state index contributed by atoms with van der Waals surface area (Å²) in [5, 5.41) is 13.8. The van der Waals surface area contributed by atoms with Crippen molar-refractivity contribution < 1.29 is 14.3 Å². The van der Waals surface area contributed by atoms with Crippen molar-refractivity contribution in [2.24, 2.45) is 0 Å². The molecule has 2 amide bonds. The van der Waals surface area contributed by atoms with E-state index in [0.717, 1.165) is 5.56 Å². The minimum Gasteiger partial charge on any atom is -0.484 e. The van der Waals surface area contributed by atoms with Crippen LogP contribution in [-0.4, -0.2) is 18.4 Å². The van der Waals surface area contributed by atoms with Crippen molar-refractivity contribution in [3.05, 3.63) is 60.2 Å². The molecule has 0 bridgehead atoms. The molecule has 2 aromatic carbocycles.